The standard InChI is InChI=1S/C12H18N2O2.ClH/c15-11-5-3-8-14-12(11)16-9-6-10-4-1-2-7-13-10;/h3,5,8,10,13,15H,1-2,4,6-7,9H2;1H. The molecule has 1 atom stereocenters. The number of piperidine rings is 1. The minimum Gasteiger partial charge on any atom is -0.503 e. The molecule has 0 saturated carbocycles. The number of hydrogen-bond acceptors (Lipinski definition) is 4. The zero-order chi connectivity index (χ0) is 11.2. The first kappa shape index (κ1) is 14.1. The Morgan fingerprint density at radius 3 is 3.06 bits per heavy atom. The van der Waals surface area contributed by atoms with Crippen molar-refractivity contribution in [2.45, 2.75) is 31.7 Å². The molecule has 1 saturated heterocycles. The Kier molecular flexibility index (Phi) is 6.08. The van der Waals surface area contributed by atoms with E-state index in [-0.39, 0.29) is 18.2 Å². The summed E-state index contributed by atoms with van der Waals surface area (Å²) in [7, 11) is 0. The van der Waals surface area contributed by atoms with E-state index in [2.05, 4.69) is 10.3 Å². The molecule has 1 aliphatic rings. The lowest BCUT2D eigenvalue weighted by atomic mass is 10.0. The van der Waals surface area contributed by atoms with Crippen molar-refractivity contribution < 1.29 is 9.84 Å². The molecule has 1 fully saturated rings. The van der Waals surface area contributed by atoms with E-state index in [4.69, 9.17) is 4.74 Å². The Bertz CT molecular complexity index is 330. The fourth-order valence-corrected chi connectivity index (χ4v) is 1.96. The van der Waals surface area contributed by atoms with Crippen LogP contribution in [0.25, 0.3) is 0 Å². The predicted octanol–water partition coefficient (Wildman–Crippen LogP) is 2.12. The van der Waals surface area contributed by atoms with Crippen molar-refractivity contribution >= 4 is 12.4 Å². The van der Waals surface area contributed by atoms with Gasteiger partial charge in [0.1, 0.15) is 0 Å². The number of halogens is 1. The summed E-state index contributed by atoms with van der Waals surface area (Å²) < 4.78 is 5.44. The van der Waals surface area contributed by atoms with Crippen LogP contribution >= 0.6 is 12.4 Å². The first-order valence-electron chi connectivity index (χ1n) is 5.86. The van der Waals surface area contributed by atoms with Crippen molar-refractivity contribution in [1.29, 1.82) is 0 Å². The van der Waals surface area contributed by atoms with E-state index in [0.717, 1.165) is 13.0 Å². The van der Waals surface area contributed by atoms with Crippen LogP contribution < -0.4 is 10.1 Å². The van der Waals surface area contributed by atoms with Crippen LogP contribution in [0.5, 0.6) is 11.6 Å². The monoisotopic (exact) mass is 258 g/mol. The number of ether oxygens (including phenoxy) is 1. The van der Waals surface area contributed by atoms with Gasteiger partial charge in [0, 0.05) is 12.2 Å². The van der Waals surface area contributed by atoms with Crippen LogP contribution in [-0.4, -0.2) is 29.3 Å². The molecule has 5 heteroatoms. The van der Waals surface area contributed by atoms with Crippen LogP contribution in [0, 0.1) is 0 Å². The van der Waals surface area contributed by atoms with E-state index in [1.54, 1.807) is 18.3 Å². The minimum absolute atomic E-state index is 0. The first-order chi connectivity index (χ1) is 7.86. The number of aromatic nitrogens is 1. The molecule has 1 aromatic rings. The average Bonchev–Trinajstić information content (AvgIpc) is 2.33. The van der Waals surface area contributed by atoms with Crippen LogP contribution in [0.2, 0.25) is 0 Å². The van der Waals surface area contributed by atoms with Gasteiger partial charge in [0.15, 0.2) is 5.75 Å². The highest BCUT2D eigenvalue weighted by atomic mass is 35.5. The lowest BCUT2D eigenvalue weighted by Crippen LogP contribution is -2.35. The van der Waals surface area contributed by atoms with Crippen LogP contribution in [0.4, 0.5) is 0 Å². The highest BCUT2D eigenvalue weighted by molar-refractivity contribution is 5.85. The normalized spacial score (nSPS) is 19.4. The molecule has 96 valence electrons. The fraction of sp³-hybridized carbons (Fsp3) is 0.583. The number of aromatic hydroxyl groups is 1. The topological polar surface area (TPSA) is 54.4 Å². The molecule has 1 aromatic heterocycles. The maximum absolute atomic E-state index is 9.44. The number of pyridine rings is 1. The fourth-order valence-electron chi connectivity index (χ4n) is 1.96. The average molecular weight is 259 g/mol. The van der Waals surface area contributed by atoms with Gasteiger partial charge in [-0.25, -0.2) is 4.98 Å². The van der Waals surface area contributed by atoms with Gasteiger partial charge in [-0.1, -0.05) is 6.42 Å². The third-order valence-electron chi connectivity index (χ3n) is 2.87. The lowest BCUT2D eigenvalue weighted by Gasteiger charge is -2.23. The largest absolute Gasteiger partial charge is 0.503 e. The van der Waals surface area contributed by atoms with Crippen molar-refractivity contribution in [3.05, 3.63) is 18.3 Å². The van der Waals surface area contributed by atoms with Gasteiger partial charge < -0.3 is 15.2 Å². The maximum Gasteiger partial charge on any atom is 0.256 e. The van der Waals surface area contributed by atoms with E-state index in [1.807, 2.05) is 0 Å². The number of nitrogens with zero attached hydrogens (tertiary/aromatic N) is 1. The van der Waals surface area contributed by atoms with Gasteiger partial charge in [-0.05, 0) is 37.9 Å². The predicted molar refractivity (Wildman–Crippen MR) is 68.9 cm³/mol. The zero-order valence-corrected chi connectivity index (χ0v) is 10.6. The van der Waals surface area contributed by atoms with Gasteiger partial charge in [-0.15, -0.1) is 12.4 Å². The minimum atomic E-state index is 0. The summed E-state index contributed by atoms with van der Waals surface area (Å²) in [6.07, 6.45) is 6.38. The molecule has 0 spiro atoms. The highest BCUT2D eigenvalue weighted by Crippen LogP contribution is 2.21. The second kappa shape index (κ2) is 7.35. The van der Waals surface area contributed by atoms with Gasteiger partial charge in [0.25, 0.3) is 5.88 Å². The van der Waals surface area contributed by atoms with E-state index in [0.29, 0.717) is 18.5 Å². The van der Waals surface area contributed by atoms with Gasteiger partial charge >= 0.3 is 0 Å². The molecule has 0 radical (unpaired) electrons. The summed E-state index contributed by atoms with van der Waals surface area (Å²) in [5.74, 6) is 0.442. The summed E-state index contributed by atoms with van der Waals surface area (Å²) in [6, 6.07) is 3.83. The Morgan fingerprint density at radius 1 is 1.47 bits per heavy atom. The SMILES string of the molecule is Cl.Oc1cccnc1OCCC1CCCCN1. The van der Waals surface area contributed by atoms with Gasteiger partial charge in [0.2, 0.25) is 0 Å². The quantitative estimate of drug-likeness (QED) is 0.869. The second-order valence-electron chi connectivity index (χ2n) is 4.11. The van der Waals surface area contributed by atoms with E-state index in [1.165, 1.54) is 19.3 Å². The summed E-state index contributed by atoms with van der Waals surface area (Å²) in [4.78, 5) is 3.97. The molecule has 1 unspecified atom stereocenters. The molecule has 0 aromatic carbocycles. The van der Waals surface area contributed by atoms with Crippen LogP contribution in [0.15, 0.2) is 18.3 Å². The van der Waals surface area contributed by atoms with Gasteiger partial charge in [0.05, 0.1) is 6.61 Å². The molecule has 17 heavy (non-hydrogen) atoms. The maximum atomic E-state index is 9.44. The molecule has 4 nitrogen and oxygen atoms in total. The molecule has 0 bridgehead atoms. The van der Waals surface area contributed by atoms with Crippen molar-refractivity contribution in [3.63, 3.8) is 0 Å². The van der Waals surface area contributed by atoms with Crippen LogP contribution in [0.1, 0.15) is 25.7 Å². The molecular formula is C12H19ClN2O2. The van der Waals surface area contributed by atoms with Crippen LogP contribution in [-0.2, 0) is 0 Å². The molecule has 0 aliphatic carbocycles. The molecule has 1 aliphatic heterocycles. The Labute approximate surface area is 108 Å². The van der Waals surface area contributed by atoms with Crippen molar-refractivity contribution in [2.24, 2.45) is 0 Å². The zero-order valence-electron chi connectivity index (χ0n) is 9.76. The lowest BCUT2D eigenvalue weighted by molar-refractivity contribution is 0.250. The Hall–Kier alpha value is -1.00. The highest BCUT2D eigenvalue weighted by Gasteiger charge is 2.12. The number of rotatable bonds is 4. The molecule has 0 amide bonds. The second-order valence-corrected chi connectivity index (χ2v) is 4.11. The summed E-state index contributed by atoms with van der Waals surface area (Å²) in [5, 5.41) is 12.9. The number of hydrogen-bond donors (Lipinski definition) is 2. The molecule has 2 N–H and O–H groups in total. The third kappa shape index (κ3) is 4.40. The van der Waals surface area contributed by atoms with Crippen LogP contribution in [0.3, 0.4) is 0 Å². The summed E-state index contributed by atoms with van der Waals surface area (Å²) in [5.41, 5.74) is 0. The Morgan fingerprint density at radius 2 is 2.35 bits per heavy atom. The Balaban J connectivity index is 0.00000144. The van der Waals surface area contributed by atoms with Crippen molar-refractivity contribution in [2.75, 3.05) is 13.2 Å². The van der Waals surface area contributed by atoms with E-state index < -0.39 is 0 Å². The van der Waals surface area contributed by atoms with Gasteiger partial charge in [-0.2, -0.15) is 0 Å². The third-order valence-corrected chi connectivity index (χ3v) is 2.87. The van der Waals surface area contributed by atoms with Gasteiger partial charge in [-0.3, -0.25) is 0 Å². The molecule has 2 heterocycles. The number of nitrogens with one attached hydrogen (secondary N) is 1. The smallest absolute Gasteiger partial charge is 0.256 e. The van der Waals surface area contributed by atoms with E-state index in [9.17, 15) is 5.11 Å². The van der Waals surface area contributed by atoms with Crippen molar-refractivity contribution in [1.82, 2.24) is 10.3 Å². The first-order valence-corrected chi connectivity index (χ1v) is 5.86. The van der Waals surface area contributed by atoms with Crippen molar-refractivity contribution in [3.8, 4) is 11.6 Å². The van der Waals surface area contributed by atoms with E-state index >= 15 is 0 Å². The molecule has 2 rings (SSSR count). The molecular weight excluding hydrogens is 240 g/mol. The summed E-state index contributed by atoms with van der Waals surface area (Å²) in [6.45, 7) is 1.71. The summed E-state index contributed by atoms with van der Waals surface area (Å²) >= 11 is 0.